The van der Waals surface area contributed by atoms with Gasteiger partial charge in [-0.2, -0.15) is 13.2 Å². The zero-order valence-electron chi connectivity index (χ0n) is 9.11. The number of hydrogen-bond acceptors (Lipinski definition) is 3. The second-order valence-electron chi connectivity index (χ2n) is 3.69. The van der Waals surface area contributed by atoms with Crippen LogP contribution >= 0.6 is 23.4 Å². The number of benzene rings is 1. The fourth-order valence-corrected chi connectivity index (χ4v) is 2.23. The summed E-state index contributed by atoms with van der Waals surface area (Å²) in [7, 11) is 0. The second-order valence-corrected chi connectivity index (χ2v) is 5.14. The Morgan fingerprint density at radius 3 is 2.44 bits per heavy atom. The van der Waals surface area contributed by atoms with Gasteiger partial charge in [0, 0.05) is 10.5 Å². The molecule has 0 N–H and O–H groups in total. The van der Waals surface area contributed by atoms with Gasteiger partial charge in [-0.05, 0) is 23.9 Å². The lowest BCUT2D eigenvalue weighted by Crippen LogP contribution is -2.10. The SMILES string of the molecule is FC(F)(F)Sc1ccc(C2OCC(CCl)O2)cc1. The maximum Gasteiger partial charge on any atom is 0.446 e. The molecule has 1 aromatic rings. The maximum absolute atomic E-state index is 12.1. The van der Waals surface area contributed by atoms with Crippen LogP contribution in [0.15, 0.2) is 29.2 Å². The lowest BCUT2D eigenvalue weighted by Gasteiger charge is -2.11. The Balaban J connectivity index is 2.00. The Labute approximate surface area is 111 Å². The minimum absolute atomic E-state index is 0.137. The van der Waals surface area contributed by atoms with Gasteiger partial charge in [0.1, 0.15) is 0 Å². The first-order valence-electron chi connectivity index (χ1n) is 5.16. The lowest BCUT2D eigenvalue weighted by atomic mass is 10.2. The van der Waals surface area contributed by atoms with Crippen LogP contribution in [0.3, 0.4) is 0 Å². The normalized spacial score (nSPS) is 24.4. The highest BCUT2D eigenvalue weighted by Crippen LogP contribution is 2.37. The van der Waals surface area contributed by atoms with E-state index in [1.807, 2.05) is 0 Å². The van der Waals surface area contributed by atoms with Crippen LogP contribution in [0.5, 0.6) is 0 Å². The summed E-state index contributed by atoms with van der Waals surface area (Å²) in [6.45, 7) is 0.396. The summed E-state index contributed by atoms with van der Waals surface area (Å²) in [4.78, 5) is 0.137. The van der Waals surface area contributed by atoms with E-state index in [1.165, 1.54) is 12.1 Å². The van der Waals surface area contributed by atoms with E-state index in [0.717, 1.165) is 0 Å². The molecule has 0 radical (unpaired) electrons. The van der Waals surface area contributed by atoms with Gasteiger partial charge in [-0.15, -0.1) is 11.6 Å². The minimum atomic E-state index is -4.27. The largest absolute Gasteiger partial charge is 0.446 e. The highest BCUT2D eigenvalue weighted by molar-refractivity contribution is 8.00. The Morgan fingerprint density at radius 2 is 1.94 bits per heavy atom. The van der Waals surface area contributed by atoms with E-state index < -0.39 is 11.8 Å². The molecule has 0 aliphatic carbocycles. The molecular formula is C11H10ClF3O2S. The van der Waals surface area contributed by atoms with E-state index in [2.05, 4.69) is 0 Å². The molecule has 2 nitrogen and oxygen atoms in total. The van der Waals surface area contributed by atoms with E-state index in [1.54, 1.807) is 12.1 Å². The van der Waals surface area contributed by atoms with E-state index in [0.29, 0.717) is 18.1 Å². The molecule has 0 saturated carbocycles. The number of alkyl halides is 4. The summed E-state index contributed by atoms with van der Waals surface area (Å²) in [5, 5.41) is 0. The van der Waals surface area contributed by atoms with Crippen LogP contribution in [0.2, 0.25) is 0 Å². The van der Waals surface area contributed by atoms with Crippen LogP contribution in [0.1, 0.15) is 11.9 Å². The van der Waals surface area contributed by atoms with Crippen LogP contribution in [0.4, 0.5) is 13.2 Å². The summed E-state index contributed by atoms with van der Waals surface area (Å²) in [5.74, 6) is 0.332. The van der Waals surface area contributed by atoms with Crippen molar-refractivity contribution in [2.45, 2.75) is 22.8 Å². The van der Waals surface area contributed by atoms with Crippen molar-refractivity contribution in [2.75, 3.05) is 12.5 Å². The summed E-state index contributed by atoms with van der Waals surface area (Å²) >= 11 is 5.48. The third-order valence-electron chi connectivity index (χ3n) is 2.31. The fourth-order valence-electron chi connectivity index (χ4n) is 1.53. The zero-order valence-corrected chi connectivity index (χ0v) is 10.7. The smallest absolute Gasteiger partial charge is 0.346 e. The minimum Gasteiger partial charge on any atom is -0.346 e. The standard InChI is InChI=1S/C11H10ClF3O2S/c12-5-8-6-16-10(17-8)7-1-3-9(4-2-7)18-11(13,14)15/h1-4,8,10H,5-6H2. The molecule has 1 heterocycles. The zero-order chi connectivity index (χ0) is 13.2. The van der Waals surface area contributed by atoms with Crippen molar-refractivity contribution in [2.24, 2.45) is 0 Å². The molecule has 18 heavy (non-hydrogen) atoms. The quantitative estimate of drug-likeness (QED) is 0.622. The molecule has 0 spiro atoms. The predicted molar refractivity (Wildman–Crippen MR) is 62.6 cm³/mol. The van der Waals surface area contributed by atoms with Crippen molar-refractivity contribution in [3.05, 3.63) is 29.8 Å². The van der Waals surface area contributed by atoms with E-state index in [9.17, 15) is 13.2 Å². The number of ether oxygens (including phenoxy) is 2. The van der Waals surface area contributed by atoms with Gasteiger partial charge in [-0.3, -0.25) is 0 Å². The van der Waals surface area contributed by atoms with Gasteiger partial charge in [0.2, 0.25) is 0 Å². The molecule has 1 fully saturated rings. The van der Waals surface area contributed by atoms with Gasteiger partial charge < -0.3 is 9.47 Å². The third-order valence-corrected chi connectivity index (χ3v) is 3.39. The molecule has 2 unspecified atom stereocenters. The van der Waals surface area contributed by atoms with Crippen LogP contribution in [0, 0.1) is 0 Å². The Hall–Kier alpha value is -0.430. The molecule has 100 valence electrons. The Morgan fingerprint density at radius 1 is 1.28 bits per heavy atom. The van der Waals surface area contributed by atoms with Crippen molar-refractivity contribution in [1.82, 2.24) is 0 Å². The Bertz CT molecular complexity index is 396. The van der Waals surface area contributed by atoms with Crippen molar-refractivity contribution >= 4 is 23.4 Å². The lowest BCUT2D eigenvalue weighted by molar-refractivity contribution is -0.0567. The van der Waals surface area contributed by atoms with Gasteiger partial charge >= 0.3 is 5.51 Å². The molecular weight excluding hydrogens is 289 g/mol. The molecule has 2 atom stereocenters. The molecule has 1 saturated heterocycles. The van der Waals surface area contributed by atoms with Crippen LogP contribution in [0.25, 0.3) is 0 Å². The molecule has 2 rings (SSSR count). The maximum atomic E-state index is 12.1. The van der Waals surface area contributed by atoms with E-state index in [-0.39, 0.29) is 22.8 Å². The van der Waals surface area contributed by atoms with Crippen molar-refractivity contribution in [1.29, 1.82) is 0 Å². The first kappa shape index (κ1) is 14.0. The summed E-state index contributed by atoms with van der Waals surface area (Å²) in [6.07, 6.45) is -0.709. The van der Waals surface area contributed by atoms with Crippen molar-refractivity contribution < 1.29 is 22.6 Å². The van der Waals surface area contributed by atoms with E-state index >= 15 is 0 Å². The molecule has 7 heteroatoms. The first-order chi connectivity index (χ1) is 8.48. The molecule has 0 amide bonds. The van der Waals surface area contributed by atoms with E-state index in [4.69, 9.17) is 21.1 Å². The topological polar surface area (TPSA) is 18.5 Å². The van der Waals surface area contributed by atoms with Gasteiger partial charge in [0.25, 0.3) is 0 Å². The molecule has 1 aliphatic rings. The number of halogens is 4. The molecule has 0 bridgehead atoms. The monoisotopic (exact) mass is 298 g/mol. The van der Waals surface area contributed by atoms with Crippen LogP contribution in [-0.4, -0.2) is 24.1 Å². The van der Waals surface area contributed by atoms with Gasteiger partial charge in [0.15, 0.2) is 6.29 Å². The molecule has 0 aromatic heterocycles. The fraction of sp³-hybridized carbons (Fsp3) is 0.455. The highest BCUT2D eigenvalue weighted by Gasteiger charge is 2.30. The van der Waals surface area contributed by atoms with Crippen LogP contribution < -0.4 is 0 Å². The summed E-state index contributed by atoms with van der Waals surface area (Å²) in [6, 6.07) is 5.92. The van der Waals surface area contributed by atoms with Gasteiger partial charge in [-0.25, -0.2) is 0 Å². The average Bonchev–Trinajstić information content (AvgIpc) is 2.76. The van der Waals surface area contributed by atoms with Crippen LogP contribution in [-0.2, 0) is 9.47 Å². The van der Waals surface area contributed by atoms with Gasteiger partial charge in [0.05, 0.1) is 18.6 Å². The molecule has 1 aromatic carbocycles. The number of hydrogen-bond donors (Lipinski definition) is 0. The summed E-state index contributed by atoms with van der Waals surface area (Å²) < 4.78 is 47.2. The summed E-state index contributed by atoms with van der Waals surface area (Å²) in [5.41, 5.74) is -3.58. The highest BCUT2D eigenvalue weighted by atomic mass is 35.5. The van der Waals surface area contributed by atoms with Crippen molar-refractivity contribution in [3.8, 4) is 0 Å². The van der Waals surface area contributed by atoms with Crippen molar-refractivity contribution in [3.63, 3.8) is 0 Å². The Kier molecular flexibility index (Phi) is 4.42. The predicted octanol–water partition coefficient (Wildman–Crippen LogP) is 3.95. The van der Waals surface area contributed by atoms with Gasteiger partial charge in [-0.1, -0.05) is 12.1 Å². The first-order valence-corrected chi connectivity index (χ1v) is 6.52. The number of rotatable bonds is 3. The second kappa shape index (κ2) is 5.69. The molecule has 1 aliphatic heterocycles. The average molecular weight is 299 g/mol. The third kappa shape index (κ3) is 3.78. The number of thioether (sulfide) groups is 1.